The van der Waals surface area contributed by atoms with E-state index in [1.54, 1.807) is 6.08 Å². The molecule has 0 saturated heterocycles. The number of ether oxygens (including phenoxy) is 1. The average molecular weight is 361 g/mol. The molecule has 21 heavy (non-hydrogen) atoms. The highest BCUT2D eigenvalue weighted by molar-refractivity contribution is 6.67. The molecule has 0 radical (unpaired) electrons. The summed E-state index contributed by atoms with van der Waals surface area (Å²) in [6.07, 6.45) is 7.30. The highest BCUT2D eigenvalue weighted by Crippen LogP contribution is 2.25. The SMILES string of the molecule is CCCCCC/C=C/[C@@H](NC(=O)OCC(Cl)(Cl)Cl)C(=O)O. The quantitative estimate of drug-likeness (QED) is 0.369. The zero-order valence-corrected chi connectivity index (χ0v) is 14.0. The lowest BCUT2D eigenvalue weighted by Gasteiger charge is -2.14. The second-order valence-corrected chi connectivity index (χ2v) is 6.95. The van der Waals surface area contributed by atoms with Crippen LogP contribution in [0.1, 0.15) is 39.0 Å². The van der Waals surface area contributed by atoms with Crippen molar-refractivity contribution in [3.8, 4) is 0 Å². The van der Waals surface area contributed by atoms with E-state index >= 15 is 0 Å². The predicted molar refractivity (Wildman–Crippen MR) is 84.1 cm³/mol. The molecular weight excluding hydrogens is 341 g/mol. The van der Waals surface area contributed by atoms with Gasteiger partial charge in [-0.2, -0.15) is 0 Å². The third kappa shape index (κ3) is 12.8. The molecule has 0 bridgehead atoms. The summed E-state index contributed by atoms with van der Waals surface area (Å²) in [5, 5.41) is 11.2. The van der Waals surface area contributed by atoms with Crippen LogP contribution in [0.4, 0.5) is 4.79 Å². The van der Waals surface area contributed by atoms with E-state index in [0.29, 0.717) is 0 Å². The second kappa shape index (κ2) is 11.0. The molecule has 0 aromatic heterocycles. The number of aliphatic carboxylic acids is 1. The van der Waals surface area contributed by atoms with Crippen LogP contribution in [0.5, 0.6) is 0 Å². The number of halogens is 3. The molecule has 0 heterocycles. The number of hydrogen-bond acceptors (Lipinski definition) is 3. The van der Waals surface area contributed by atoms with Gasteiger partial charge in [0.05, 0.1) is 0 Å². The number of alkyl halides is 3. The molecular formula is C13H20Cl3NO4. The number of alkyl carbamates (subject to hydrolysis) is 1. The maximum Gasteiger partial charge on any atom is 0.408 e. The summed E-state index contributed by atoms with van der Waals surface area (Å²) in [5.74, 6) is -1.19. The molecule has 0 fully saturated rings. The number of carboxylic acids is 1. The molecule has 0 aliphatic heterocycles. The van der Waals surface area contributed by atoms with Crippen molar-refractivity contribution in [2.24, 2.45) is 0 Å². The number of rotatable bonds is 9. The lowest BCUT2D eigenvalue weighted by atomic mass is 10.1. The molecule has 5 nitrogen and oxygen atoms in total. The lowest BCUT2D eigenvalue weighted by Crippen LogP contribution is -2.40. The predicted octanol–water partition coefficient (Wildman–Crippen LogP) is 4.06. The summed E-state index contributed by atoms with van der Waals surface area (Å²) in [7, 11) is 0. The molecule has 0 saturated carbocycles. The van der Waals surface area contributed by atoms with E-state index in [9.17, 15) is 9.59 Å². The fraction of sp³-hybridized carbons (Fsp3) is 0.692. The maximum atomic E-state index is 11.4. The Bertz CT molecular complexity index is 356. The fourth-order valence-corrected chi connectivity index (χ4v) is 1.59. The van der Waals surface area contributed by atoms with Gasteiger partial charge in [0, 0.05) is 0 Å². The van der Waals surface area contributed by atoms with E-state index in [1.165, 1.54) is 6.08 Å². The molecule has 0 aromatic rings. The van der Waals surface area contributed by atoms with Gasteiger partial charge in [-0.25, -0.2) is 9.59 Å². The van der Waals surface area contributed by atoms with Crippen LogP contribution in [0.3, 0.4) is 0 Å². The van der Waals surface area contributed by atoms with Crippen LogP contribution in [-0.2, 0) is 9.53 Å². The van der Waals surface area contributed by atoms with Gasteiger partial charge in [0.15, 0.2) is 0 Å². The third-order valence-corrected chi connectivity index (χ3v) is 2.79. The number of carbonyl (C=O) groups excluding carboxylic acids is 1. The molecule has 0 aliphatic rings. The molecule has 0 aliphatic carbocycles. The number of unbranched alkanes of at least 4 members (excludes halogenated alkanes) is 4. The van der Waals surface area contributed by atoms with Crippen molar-refractivity contribution in [3.63, 3.8) is 0 Å². The highest BCUT2D eigenvalue weighted by Gasteiger charge is 2.24. The van der Waals surface area contributed by atoms with E-state index in [4.69, 9.17) is 39.9 Å². The summed E-state index contributed by atoms with van der Waals surface area (Å²) < 4.78 is 2.87. The van der Waals surface area contributed by atoms with Crippen molar-refractivity contribution in [1.82, 2.24) is 5.32 Å². The monoisotopic (exact) mass is 359 g/mol. The smallest absolute Gasteiger partial charge is 0.408 e. The Morgan fingerprint density at radius 2 is 1.95 bits per heavy atom. The van der Waals surface area contributed by atoms with Gasteiger partial charge >= 0.3 is 12.1 Å². The van der Waals surface area contributed by atoms with Crippen LogP contribution < -0.4 is 5.32 Å². The van der Waals surface area contributed by atoms with Gasteiger partial charge in [-0.3, -0.25) is 0 Å². The minimum absolute atomic E-state index is 0.462. The number of hydrogen-bond donors (Lipinski definition) is 2. The Morgan fingerprint density at radius 1 is 1.29 bits per heavy atom. The van der Waals surface area contributed by atoms with E-state index in [-0.39, 0.29) is 0 Å². The van der Waals surface area contributed by atoms with E-state index in [1.807, 2.05) is 0 Å². The van der Waals surface area contributed by atoms with Crippen molar-refractivity contribution in [2.75, 3.05) is 6.61 Å². The van der Waals surface area contributed by atoms with Crippen molar-refractivity contribution < 1.29 is 19.4 Å². The van der Waals surface area contributed by atoms with Crippen LogP contribution in [0.15, 0.2) is 12.2 Å². The highest BCUT2D eigenvalue weighted by atomic mass is 35.6. The fourth-order valence-electron chi connectivity index (χ4n) is 1.43. The first-order valence-electron chi connectivity index (χ1n) is 6.65. The second-order valence-electron chi connectivity index (χ2n) is 4.43. The van der Waals surface area contributed by atoms with Gasteiger partial charge in [-0.15, -0.1) is 0 Å². The van der Waals surface area contributed by atoms with Crippen LogP contribution in [0.25, 0.3) is 0 Å². The van der Waals surface area contributed by atoms with E-state index in [0.717, 1.165) is 32.1 Å². The summed E-state index contributed by atoms with van der Waals surface area (Å²) >= 11 is 16.2. The Morgan fingerprint density at radius 3 is 2.48 bits per heavy atom. The van der Waals surface area contributed by atoms with Gasteiger partial charge < -0.3 is 15.2 Å². The number of nitrogens with one attached hydrogen (secondary N) is 1. The minimum Gasteiger partial charge on any atom is -0.479 e. The van der Waals surface area contributed by atoms with Crippen molar-refractivity contribution in [2.45, 2.75) is 48.9 Å². The largest absolute Gasteiger partial charge is 0.479 e. The normalized spacial score (nSPS) is 13.1. The Kier molecular flexibility index (Phi) is 10.6. The first-order chi connectivity index (χ1) is 9.76. The van der Waals surface area contributed by atoms with E-state index in [2.05, 4.69) is 17.0 Å². The standard InChI is InChI=1S/C13H20Cl3NO4/c1-2-3-4-5-6-7-8-10(11(18)19)17-12(20)21-9-13(14,15)16/h7-8,10H,2-6,9H2,1H3,(H,17,20)(H,18,19)/b8-7+/t10-/m1/s1. The zero-order chi connectivity index (χ0) is 16.3. The molecule has 8 heteroatoms. The molecule has 122 valence electrons. The maximum absolute atomic E-state index is 11.4. The first kappa shape index (κ1) is 20.3. The number of carboxylic acid groups (broad SMARTS) is 1. The molecule has 0 aromatic carbocycles. The molecule has 1 amide bonds. The van der Waals surface area contributed by atoms with Gasteiger partial charge in [0.25, 0.3) is 0 Å². The molecule has 0 unspecified atom stereocenters. The molecule has 0 rings (SSSR count). The zero-order valence-electron chi connectivity index (χ0n) is 11.8. The molecule has 1 atom stereocenters. The number of allylic oxidation sites excluding steroid dienone is 1. The van der Waals surface area contributed by atoms with Crippen LogP contribution >= 0.6 is 34.8 Å². The van der Waals surface area contributed by atoms with Gasteiger partial charge in [-0.05, 0) is 12.8 Å². The number of amides is 1. The Hall–Kier alpha value is -0.650. The summed E-state index contributed by atoms with van der Waals surface area (Å²) in [4.78, 5) is 22.4. The summed E-state index contributed by atoms with van der Waals surface area (Å²) in [6.45, 7) is 1.65. The van der Waals surface area contributed by atoms with Gasteiger partial charge in [0.2, 0.25) is 3.79 Å². The van der Waals surface area contributed by atoms with Gasteiger partial charge in [0.1, 0.15) is 12.6 Å². The topological polar surface area (TPSA) is 75.6 Å². The summed E-state index contributed by atoms with van der Waals surface area (Å²) in [6, 6.07) is -1.17. The third-order valence-electron chi connectivity index (χ3n) is 2.46. The average Bonchev–Trinajstić information content (AvgIpc) is 2.38. The van der Waals surface area contributed by atoms with Gasteiger partial charge in [-0.1, -0.05) is 73.1 Å². The molecule has 0 spiro atoms. The van der Waals surface area contributed by atoms with Crippen molar-refractivity contribution >= 4 is 46.9 Å². The van der Waals surface area contributed by atoms with E-state index < -0.39 is 28.5 Å². The molecule has 2 N–H and O–H groups in total. The summed E-state index contributed by atoms with van der Waals surface area (Å²) in [5.41, 5.74) is 0. The minimum atomic E-state index is -1.73. The Labute approximate surface area is 139 Å². The van der Waals surface area contributed by atoms with Crippen molar-refractivity contribution in [1.29, 1.82) is 0 Å². The van der Waals surface area contributed by atoms with Crippen LogP contribution in [0.2, 0.25) is 0 Å². The first-order valence-corrected chi connectivity index (χ1v) is 7.79. The van der Waals surface area contributed by atoms with Crippen LogP contribution in [0, 0.1) is 0 Å². The Balaban J connectivity index is 4.15. The van der Waals surface area contributed by atoms with Crippen molar-refractivity contribution in [3.05, 3.63) is 12.2 Å². The number of carbonyl (C=O) groups is 2. The lowest BCUT2D eigenvalue weighted by molar-refractivity contribution is -0.138. The van der Waals surface area contributed by atoms with Crippen LogP contribution in [-0.4, -0.2) is 33.6 Å².